The van der Waals surface area contributed by atoms with Crippen LogP contribution in [0.3, 0.4) is 0 Å². The van der Waals surface area contributed by atoms with Crippen LogP contribution < -0.4 is 4.72 Å². The first kappa shape index (κ1) is 15.1. The number of hydrogen-bond acceptors (Lipinski definition) is 4. The summed E-state index contributed by atoms with van der Waals surface area (Å²) in [6.45, 7) is 2.34. The van der Waals surface area contributed by atoms with E-state index in [1.807, 2.05) is 6.92 Å². The second-order valence-corrected chi connectivity index (χ2v) is 5.81. The average Bonchev–Trinajstić information content (AvgIpc) is 2.96. The van der Waals surface area contributed by atoms with Crippen molar-refractivity contribution in [3.63, 3.8) is 0 Å². The number of benzene rings is 1. The van der Waals surface area contributed by atoms with Crippen LogP contribution in [0.5, 0.6) is 0 Å². The van der Waals surface area contributed by atoms with E-state index >= 15 is 0 Å². The lowest BCUT2D eigenvalue weighted by Crippen LogP contribution is -2.13. The average molecular weight is 305 g/mol. The van der Waals surface area contributed by atoms with Crippen molar-refractivity contribution in [2.45, 2.75) is 18.5 Å². The van der Waals surface area contributed by atoms with Crippen molar-refractivity contribution in [2.24, 2.45) is 0 Å². The molecule has 1 heterocycles. The van der Waals surface area contributed by atoms with Crippen LogP contribution >= 0.6 is 0 Å². The molecule has 0 spiro atoms. The molecule has 6 nitrogen and oxygen atoms in total. The number of nitrogens with one attached hydrogen (secondary N) is 1. The topological polar surface area (TPSA) is 84.2 Å². The Morgan fingerprint density at radius 3 is 2.62 bits per heavy atom. The number of aliphatic hydroxyl groups is 1. The lowest BCUT2D eigenvalue weighted by Gasteiger charge is -2.05. The highest BCUT2D eigenvalue weighted by atomic mass is 32.2. The van der Waals surface area contributed by atoms with Crippen molar-refractivity contribution < 1.29 is 13.5 Å². The van der Waals surface area contributed by atoms with Crippen molar-refractivity contribution in [1.82, 2.24) is 9.55 Å². The van der Waals surface area contributed by atoms with Gasteiger partial charge in [-0.2, -0.15) is 8.42 Å². The molecule has 0 aliphatic rings. The van der Waals surface area contributed by atoms with Gasteiger partial charge in [0.2, 0.25) is 0 Å². The molecule has 0 atom stereocenters. The van der Waals surface area contributed by atoms with Crippen LogP contribution in [0.2, 0.25) is 0 Å². The fraction of sp³-hybridized carbons (Fsp3) is 0.214. The molecule has 1 aromatic heterocycles. The van der Waals surface area contributed by atoms with E-state index in [9.17, 15) is 8.42 Å². The molecule has 0 saturated heterocycles. The summed E-state index contributed by atoms with van der Waals surface area (Å²) in [5.41, 5.74) is 1.12. The molecule has 0 bridgehead atoms. The number of aliphatic hydroxyl groups excluding tert-OH is 1. The van der Waals surface area contributed by atoms with Crippen molar-refractivity contribution >= 4 is 15.7 Å². The van der Waals surface area contributed by atoms with Crippen LogP contribution in [0.15, 0.2) is 41.8 Å². The SMILES string of the molecule is CCn1cnc(S(=O)(=O)Nc2ccc(C#CCO)cc2)c1. The summed E-state index contributed by atoms with van der Waals surface area (Å²) in [5, 5.41) is 8.59. The molecule has 110 valence electrons. The van der Waals surface area contributed by atoms with E-state index in [0.29, 0.717) is 17.8 Å². The second kappa shape index (κ2) is 6.43. The first-order chi connectivity index (χ1) is 10.0. The number of nitrogens with zero attached hydrogens (tertiary/aromatic N) is 2. The number of aromatic nitrogens is 2. The van der Waals surface area contributed by atoms with E-state index in [2.05, 4.69) is 21.5 Å². The summed E-state index contributed by atoms with van der Waals surface area (Å²) in [4.78, 5) is 3.88. The minimum atomic E-state index is -3.69. The number of imidazole rings is 1. The van der Waals surface area contributed by atoms with Crippen LogP contribution in [-0.2, 0) is 16.6 Å². The van der Waals surface area contributed by atoms with Gasteiger partial charge in [0.25, 0.3) is 10.0 Å². The Balaban J connectivity index is 2.16. The third kappa shape index (κ3) is 3.84. The van der Waals surface area contributed by atoms with E-state index in [1.165, 1.54) is 12.5 Å². The summed E-state index contributed by atoms with van der Waals surface area (Å²) in [6, 6.07) is 6.56. The van der Waals surface area contributed by atoms with E-state index in [1.54, 1.807) is 28.8 Å². The van der Waals surface area contributed by atoms with E-state index in [4.69, 9.17) is 5.11 Å². The maximum Gasteiger partial charge on any atom is 0.280 e. The third-order valence-corrected chi connectivity index (χ3v) is 3.96. The van der Waals surface area contributed by atoms with E-state index in [0.717, 1.165) is 0 Å². The van der Waals surface area contributed by atoms with E-state index < -0.39 is 10.0 Å². The predicted octanol–water partition coefficient (Wildman–Crippen LogP) is 1.05. The smallest absolute Gasteiger partial charge is 0.280 e. The summed E-state index contributed by atoms with van der Waals surface area (Å²) < 4.78 is 28.4. The van der Waals surface area contributed by atoms with Gasteiger partial charge in [-0.3, -0.25) is 4.72 Å². The number of aryl methyl sites for hydroxylation is 1. The largest absolute Gasteiger partial charge is 0.384 e. The molecule has 0 fully saturated rings. The zero-order valence-electron chi connectivity index (χ0n) is 11.4. The molecule has 0 aliphatic carbocycles. The summed E-state index contributed by atoms with van der Waals surface area (Å²) >= 11 is 0. The van der Waals surface area contributed by atoms with Gasteiger partial charge in [0, 0.05) is 24.0 Å². The third-order valence-electron chi connectivity index (χ3n) is 2.70. The molecule has 7 heteroatoms. The van der Waals surface area contributed by atoms with Gasteiger partial charge in [0.1, 0.15) is 6.61 Å². The van der Waals surface area contributed by atoms with Gasteiger partial charge in [0.15, 0.2) is 5.03 Å². The highest BCUT2D eigenvalue weighted by Gasteiger charge is 2.17. The van der Waals surface area contributed by atoms with Crippen LogP contribution in [0.1, 0.15) is 12.5 Å². The normalized spacial score (nSPS) is 10.8. The Morgan fingerprint density at radius 1 is 1.33 bits per heavy atom. The Bertz CT molecular complexity index is 768. The van der Waals surface area contributed by atoms with Gasteiger partial charge in [-0.05, 0) is 31.2 Å². The highest BCUT2D eigenvalue weighted by Crippen LogP contribution is 2.15. The van der Waals surface area contributed by atoms with Gasteiger partial charge in [-0.15, -0.1) is 0 Å². The minimum absolute atomic E-state index is 0.0199. The molecule has 0 radical (unpaired) electrons. The standard InChI is InChI=1S/C14H15N3O3S/c1-2-17-10-14(15-11-17)21(19,20)16-13-7-5-12(6-8-13)4-3-9-18/h5-8,10-11,16,18H,2,9H2,1H3. The molecule has 2 N–H and O–H groups in total. The molecule has 1 aromatic carbocycles. The lowest BCUT2D eigenvalue weighted by atomic mass is 10.2. The van der Waals surface area contributed by atoms with Gasteiger partial charge in [-0.25, -0.2) is 4.98 Å². The van der Waals surface area contributed by atoms with Crippen LogP contribution in [0.25, 0.3) is 0 Å². The number of sulfonamides is 1. The monoisotopic (exact) mass is 305 g/mol. The molecule has 21 heavy (non-hydrogen) atoms. The van der Waals surface area contributed by atoms with Crippen molar-refractivity contribution in [3.05, 3.63) is 42.4 Å². The molecule has 2 aromatic rings. The minimum Gasteiger partial charge on any atom is -0.384 e. The number of rotatable bonds is 4. The van der Waals surface area contributed by atoms with Gasteiger partial charge in [-0.1, -0.05) is 11.8 Å². The lowest BCUT2D eigenvalue weighted by molar-refractivity contribution is 0.350. The van der Waals surface area contributed by atoms with Crippen molar-refractivity contribution in [1.29, 1.82) is 0 Å². The molecule has 2 rings (SSSR count). The number of anilines is 1. The fourth-order valence-corrected chi connectivity index (χ4v) is 2.63. The van der Waals surface area contributed by atoms with Crippen molar-refractivity contribution in [2.75, 3.05) is 11.3 Å². The predicted molar refractivity (Wildman–Crippen MR) is 79.1 cm³/mol. The van der Waals surface area contributed by atoms with Gasteiger partial charge < -0.3 is 9.67 Å². The second-order valence-electron chi connectivity index (χ2n) is 4.19. The summed E-state index contributed by atoms with van der Waals surface area (Å²) in [6.07, 6.45) is 2.95. The van der Waals surface area contributed by atoms with Crippen LogP contribution in [0.4, 0.5) is 5.69 Å². The maximum absolute atomic E-state index is 12.1. The van der Waals surface area contributed by atoms with Gasteiger partial charge in [0.05, 0.1) is 6.33 Å². The van der Waals surface area contributed by atoms with E-state index in [-0.39, 0.29) is 11.6 Å². The molecule has 0 saturated carbocycles. The van der Waals surface area contributed by atoms with Gasteiger partial charge >= 0.3 is 0 Å². The Morgan fingerprint density at radius 2 is 2.05 bits per heavy atom. The number of hydrogen-bond donors (Lipinski definition) is 2. The van der Waals surface area contributed by atoms with Crippen LogP contribution in [0, 0.1) is 11.8 Å². The van der Waals surface area contributed by atoms with Crippen molar-refractivity contribution in [3.8, 4) is 11.8 Å². The molecule has 0 unspecified atom stereocenters. The zero-order chi connectivity index (χ0) is 15.3. The van der Waals surface area contributed by atoms with Crippen LogP contribution in [-0.4, -0.2) is 29.7 Å². The molecular formula is C14H15N3O3S. The molecular weight excluding hydrogens is 290 g/mol. The highest BCUT2D eigenvalue weighted by molar-refractivity contribution is 7.92. The molecule has 0 aliphatic heterocycles. The quantitative estimate of drug-likeness (QED) is 0.827. The fourth-order valence-electron chi connectivity index (χ4n) is 1.62. The molecule has 0 amide bonds. The summed E-state index contributed by atoms with van der Waals surface area (Å²) in [5.74, 6) is 5.26. The Labute approximate surface area is 123 Å². The maximum atomic E-state index is 12.1. The first-order valence-corrected chi connectivity index (χ1v) is 7.78. The Hall–Kier alpha value is -2.30. The Kier molecular flexibility index (Phi) is 4.62. The zero-order valence-corrected chi connectivity index (χ0v) is 12.3. The first-order valence-electron chi connectivity index (χ1n) is 6.29. The summed E-state index contributed by atoms with van der Waals surface area (Å²) in [7, 11) is -3.69.